The summed E-state index contributed by atoms with van der Waals surface area (Å²) in [6, 6.07) is 12.2. The first kappa shape index (κ1) is 41.7. The van der Waals surface area contributed by atoms with Crippen molar-refractivity contribution >= 4 is 59.5 Å². The summed E-state index contributed by atoms with van der Waals surface area (Å²) in [5, 5.41) is 0. The van der Waals surface area contributed by atoms with Gasteiger partial charge in [-0.25, -0.2) is 0 Å². The minimum Gasteiger partial charge on any atom is -0.399 e. The van der Waals surface area contributed by atoms with Crippen LogP contribution in [0.3, 0.4) is 0 Å². The normalized spacial score (nSPS) is 23.2. The van der Waals surface area contributed by atoms with Crippen molar-refractivity contribution < 1.29 is 28.2 Å². The number of fused-ring (bicyclic) bond motifs is 2. The molecule has 2 aromatic carbocycles. The van der Waals surface area contributed by atoms with Crippen LogP contribution in [0.1, 0.15) is 152 Å². The zero-order valence-electron chi connectivity index (χ0n) is 35.9. The highest BCUT2D eigenvalue weighted by atomic mass is 16.7. The van der Waals surface area contributed by atoms with Crippen LogP contribution >= 0.6 is 0 Å². The Kier molecular flexibility index (Phi) is 12.0. The fourth-order valence-electron chi connectivity index (χ4n) is 8.32. The Hall–Kier alpha value is -2.91. The molecule has 2 unspecified atom stereocenters. The number of carbonyl (C=O) groups excluding carboxylic acids is 2. The third kappa shape index (κ3) is 7.74. The summed E-state index contributed by atoms with van der Waals surface area (Å²) in [6.07, 6.45) is 9.72. The first-order chi connectivity index (χ1) is 25.9. The molecule has 0 N–H and O–H groups in total. The van der Waals surface area contributed by atoms with E-state index in [9.17, 15) is 0 Å². The summed E-state index contributed by atoms with van der Waals surface area (Å²) in [4.78, 5) is 34.0. The van der Waals surface area contributed by atoms with Gasteiger partial charge in [-0.05, 0) is 103 Å². The van der Waals surface area contributed by atoms with Crippen LogP contribution in [0.2, 0.25) is 0 Å². The van der Waals surface area contributed by atoms with Crippen molar-refractivity contribution in [1.82, 2.24) is 0 Å². The van der Waals surface area contributed by atoms with Gasteiger partial charge >= 0.3 is 14.2 Å². The van der Waals surface area contributed by atoms with Crippen molar-refractivity contribution in [3.05, 3.63) is 47.5 Å². The molecule has 4 aliphatic rings. The van der Waals surface area contributed by atoms with E-state index in [0.717, 1.165) is 84.8 Å². The fourth-order valence-corrected chi connectivity index (χ4v) is 8.32. The smallest absolute Gasteiger partial charge is 0.399 e. The number of nitrogens with zero attached hydrogens (tertiary/aromatic N) is 2. The molecule has 2 atom stereocenters. The van der Waals surface area contributed by atoms with Gasteiger partial charge in [0.2, 0.25) is 0 Å². The Morgan fingerprint density at radius 3 is 1.25 bits per heavy atom. The highest BCUT2D eigenvalue weighted by Gasteiger charge is 2.54. The van der Waals surface area contributed by atoms with Gasteiger partial charge in [-0.3, -0.25) is 9.59 Å². The molecular weight excluding hydrogens is 686 g/mol. The van der Waals surface area contributed by atoms with E-state index in [1.807, 2.05) is 34.1 Å². The monoisotopic (exact) mass is 753 g/mol. The summed E-state index contributed by atoms with van der Waals surface area (Å²) in [5.74, 6) is 0.444. The minimum atomic E-state index is -0.567. The average molecular weight is 753 g/mol. The molecule has 4 heterocycles. The quantitative estimate of drug-likeness (QED) is 0.103. The van der Waals surface area contributed by atoms with Gasteiger partial charge in [-0.15, -0.1) is 0 Å². The van der Waals surface area contributed by atoms with Crippen LogP contribution in [0.5, 0.6) is 0 Å². The van der Waals surface area contributed by atoms with Gasteiger partial charge in [-0.1, -0.05) is 96.9 Å². The Labute approximate surface area is 332 Å². The van der Waals surface area contributed by atoms with Gasteiger partial charge in [-0.2, -0.15) is 0 Å². The molecule has 298 valence electrons. The molecule has 8 nitrogen and oxygen atoms in total. The van der Waals surface area contributed by atoms with E-state index in [1.54, 1.807) is 0 Å². The first-order valence-corrected chi connectivity index (χ1v) is 21.3. The van der Waals surface area contributed by atoms with E-state index >= 15 is 9.59 Å². The molecule has 2 saturated heterocycles. The Morgan fingerprint density at radius 2 is 0.909 bits per heavy atom. The van der Waals surface area contributed by atoms with Crippen molar-refractivity contribution in [2.75, 3.05) is 22.9 Å². The number of benzene rings is 2. The highest BCUT2D eigenvalue weighted by Crippen LogP contribution is 2.48. The summed E-state index contributed by atoms with van der Waals surface area (Å²) < 4.78 is 25.9. The number of carbonyl (C=O) groups is 2. The predicted octanol–water partition coefficient (Wildman–Crippen LogP) is 8.71. The predicted molar refractivity (Wildman–Crippen MR) is 227 cm³/mol. The molecule has 2 fully saturated rings. The van der Waals surface area contributed by atoms with Crippen molar-refractivity contribution in [3.8, 4) is 0 Å². The second kappa shape index (κ2) is 15.8. The fraction of sp³-hybridized carbons (Fsp3) is 0.644. The van der Waals surface area contributed by atoms with E-state index in [0.29, 0.717) is 36.1 Å². The van der Waals surface area contributed by atoms with E-state index in [-0.39, 0.29) is 11.8 Å². The van der Waals surface area contributed by atoms with E-state index < -0.39 is 36.6 Å². The standard InChI is InChI=1S/C45H66B2N2O6/c1-13-17-19-21-31(16-4)29-49-37-27-33(47-54-44(9,10)45(11,12)55-47)23-25-35(37)39(41(49)51)38-34-24-22-32(46-52-42(5,6)43(7,8)53-46)26-36(34)48(40(38)50)28-30(15-3)20-18-14-2/h22-27,30-31H,13-21,28-29H2,1-12H3. The van der Waals surface area contributed by atoms with Crippen molar-refractivity contribution in [1.29, 1.82) is 0 Å². The van der Waals surface area contributed by atoms with E-state index in [2.05, 4.69) is 95.2 Å². The van der Waals surface area contributed by atoms with Gasteiger partial charge < -0.3 is 28.4 Å². The maximum atomic E-state index is 15.1. The molecule has 4 aliphatic heterocycles. The van der Waals surface area contributed by atoms with Crippen LogP contribution in [0, 0.1) is 11.8 Å². The molecule has 2 amide bonds. The molecule has 0 aliphatic carbocycles. The van der Waals surface area contributed by atoms with E-state index in [1.165, 1.54) is 6.42 Å². The highest BCUT2D eigenvalue weighted by molar-refractivity contribution is 6.63. The second-order valence-electron chi connectivity index (χ2n) is 18.5. The number of hydrogen-bond acceptors (Lipinski definition) is 6. The lowest BCUT2D eigenvalue weighted by molar-refractivity contribution is -0.114. The maximum absolute atomic E-state index is 15.1. The zero-order chi connectivity index (χ0) is 40.1. The zero-order valence-corrected chi connectivity index (χ0v) is 35.9. The van der Waals surface area contributed by atoms with Crippen LogP contribution in [-0.4, -0.2) is 61.5 Å². The molecular formula is C45H66B2N2O6. The Morgan fingerprint density at radius 1 is 0.545 bits per heavy atom. The molecule has 0 saturated carbocycles. The number of amides is 2. The van der Waals surface area contributed by atoms with Crippen molar-refractivity contribution in [3.63, 3.8) is 0 Å². The van der Waals surface area contributed by atoms with E-state index in [4.69, 9.17) is 18.6 Å². The average Bonchev–Trinajstić information content (AvgIpc) is 3.72. The molecule has 0 aromatic heterocycles. The first-order valence-electron chi connectivity index (χ1n) is 21.3. The third-order valence-corrected chi connectivity index (χ3v) is 13.6. The molecule has 6 rings (SSSR count). The summed E-state index contributed by atoms with van der Waals surface area (Å²) >= 11 is 0. The molecule has 10 heteroatoms. The third-order valence-electron chi connectivity index (χ3n) is 13.6. The van der Waals surface area contributed by atoms with Crippen LogP contribution < -0.4 is 20.7 Å². The number of rotatable bonds is 15. The van der Waals surface area contributed by atoms with Gasteiger partial charge in [0.1, 0.15) is 0 Å². The summed E-state index contributed by atoms with van der Waals surface area (Å²) in [7, 11) is -1.13. The molecule has 0 radical (unpaired) electrons. The van der Waals surface area contributed by atoms with Gasteiger partial charge in [0, 0.05) is 24.2 Å². The second-order valence-corrected chi connectivity index (χ2v) is 18.5. The lowest BCUT2D eigenvalue weighted by Gasteiger charge is -2.32. The topological polar surface area (TPSA) is 77.5 Å². The maximum Gasteiger partial charge on any atom is 0.494 e. The van der Waals surface area contributed by atoms with Gasteiger partial charge in [0.25, 0.3) is 11.8 Å². The van der Waals surface area contributed by atoms with Crippen LogP contribution in [0.25, 0.3) is 11.1 Å². The lowest BCUT2D eigenvalue weighted by atomic mass is 9.77. The number of unbranched alkanes of at least 4 members (excludes halogenated alkanes) is 3. The SMILES string of the molecule is CCCCCC(CC)CN1C(=O)C(=C2C(=O)N(CC(CC)CCCC)c3cc(B4OC(C)(C)C(C)(C)O4)ccc32)c2ccc(B3OC(C)(C)C(C)(C)O3)cc21. The van der Waals surface area contributed by atoms with Crippen LogP contribution in [-0.2, 0) is 28.2 Å². The molecule has 2 aromatic rings. The Balaban J connectivity index is 1.48. The molecule has 0 spiro atoms. The summed E-state index contributed by atoms with van der Waals surface area (Å²) in [6.45, 7) is 26.5. The number of hydrogen-bond donors (Lipinski definition) is 0. The van der Waals surface area contributed by atoms with Gasteiger partial charge in [0.15, 0.2) is 0 Å². The van der Waals surface area contributed by atoms with Crippen LogP contribution in [0.4, 0.5) is 11.4 Å². The van der Waals surface area contributed by atoms with Crippen molar-refractivity contribution in [2.24, 2.45) is 11.8 Å². The minimum absolute atomic E-state index is 0.112. The van der Waals surface area contributed by atoms with Gasteiger partial charge in [0.05, 0.1) is 44.9 Å². The van der Waals surface area contributed by atoms with Crippen LogP contribution in [0.15, 0.2) is 36.4 Å². The Bertz CT molecular complexity index is 1770. The number of anilines is 2. The lowest BCUT2D eigenvalue weighted by Crippen LogP contribution is -2.41. The largest absolute Gasteiger partial charge is 0.494 e. The molecule has 0 bridgehead atoms. The van der Waals surface area contributed by atoms with Crippen molar-refractivity contribution in [2.45, 2.75) is 163 Å². The molecule has 55 heavy (non-hydrogen) atoms. The summed E-state index contributed by atoms with van der Waals surface area (Å²) in [5.41, 5.74) is 3.94.